The summed E-state index contributed by atoms with van der Waals surface area (Å²) >= 11 is 5.99. The highest BCUT2D eigenvalue weighted by Gasteiger charge is 2.38. The Hall–Kier alpha value is -2.12. The average molecular weight is 448 g/mol. The van der Waals surface area contributed by atoms with E-state index < -0.39 is 6.04 Å². The van der Waals surface area contributed by atoms with Gasteiger partial charge in [-0.15, -0.1) is 0 Å². The van der Waals surface area contributed by atoms with Gasteiger partial charge in [-0.1, -0.05) is 23.7 Å². The van der Waals surface area contributed by atoms with Crippen molar-refractivity contribution in [1.82, 2.24) is 14.7 Å². The molecule has 4 rings (SSSR count). The molecule has 1 aliphatic carbocycles. The Bertz CT molecular complexity index is 811. The van der Waals surface area contributed by atoms with Crippen LogP contribution in [0.25, 0.3) is 0 Å². The summed E-state index contributed by atoms with van der Waals surface area (Å²) in [4.78, 5) is 43.7. The van der Waals surface area contributed by atoms with Crippen LogP contribution in [0.1, 0.15) is 37.3 Å². The van der Waals surface area contributed by atoms with E-state index in [1.54, 1.807) is 12.1 Å². The second kappa shape index (κ2) is 9.57. The molecular formula is C23H30ClN3O4. The number of nitrogens with zero attached hydrogens (tertiary/aromatic N) is 3. The minimum atomic E-state index is -0.504. The monoisotopic (exact) mass is 447 g/mol. The summed E-state index contributed by atoms with van der Waals surface area (Å²) < 4.78 is 5.04. The normalized spacial score (nSPS) is 21.6. The number of ether oxygens (including phenoxy) is 1. The van der Waals surface area contributed by atoms with Crippen molar-refractivity contribution in [2.45, 2.75) is 31.7 Å². The lowest BCUT2D eigenvalue weighted by Gasteiger charge is -2.40. The van der Waals surface area contributed by atoms with E-state index in [0.717, 1.165) is 31.2 Å². The third kappa shape index (κ3) is 5.04. The Labute approximate surface area is 188 Å². The number of carbonyl (C=O) groups excluding carboxylic acids is 3. The van der Waals surface area contributed by atoms with E-state index in [2.05, 4.69) is 4.90 Å². The first-order valence-electron chi connectivity index (χ1n) is 11.1. The number of esters is 1. The zero-order chi connectivity index (χ0) is 22.0. The second-order valence-electron chi connectivity index (χ2n) is 8.71. The lowest BCUT2D eigenvalue weighted by molar-refractivity contribution is -0.149. The fraction of sp³-hybridized carbons (Fsp3) is 0.609. The third-order valence-electron chi connectivity index (χ3n) is 6.68. The van der Waals surface area contributed by atoms with Crippen molar-refractivity contribution in [3.63, 3.8) is 0 Å². The minimum Gasteiger partial charge on any atom is -0.468 e. The zero-order valence-corrected chi connectivity index (χ0v) is 18.7. The van der Waals surface area contributed by atoms with Crippen molar-refractivity contribution < 1.29 is 19.1 Å². The summed E-state index contributed by atoms with van der Waals surface area (Å²) in [5.74, 6) is 0.371. The molecule has 7 nitrogen and oxygen atoms in total. The van der Waals surface area contributed by atoms with Crippen molar-refractivity contribution in [3.05, 3.63) is 34.9 Å². The third-order valence-corrected chi connectivity index (χ3v) is 6.94. The molecule has 3 fully saturated rings. The van der Waals surface area contributed by atoms with Gasteiger partial charge in [0.05, 0.1) is 7.11 Å². The first-order valence-corrected chi connectivity index (χ1v) is 11.5. The molecule has 168 valence electrons. The molecule has 1 atom stereocenters. The standard InChI is InChI=1S/C23H30ClN3O4/c1-31-23(30)20(16-4-6-19(24)7-5-16)25-12-14-27(15-13-25)22(29)18-8-10-26(11-9-18)21(28)17-2-3-17/h4-7,17-18,20H,2-3,8-15H2,1H3. The summed E-state index contributed by atoms with van der Waals surface area (Å²) in [5, 5.41) is 0.618. The Kier molecular flexibility index (Phi) is 6.82. The minimum absolute atomic E-state index is 0.0116. The second-order valence-corrected chi connectivity index (χ2v) is 9.15. The van der Waals surface area contributed by atoms with E-state index in [9.17, 15) is 14.4 Å². The van der Waals surface area contributed by atoms with Crippen LogP contribution in [0, 0.1) is 11.8 Å². The molecule has 2 heterocycles. The highest BCUT2D eigenvalue weighted by molar-refractivity contribution is 6.30. The van der Waals surface area contributed by atoms with Crippen molar-refractivity contribution in [3.8, 4) is 0 Å². The SMILES string of the molecule is COC(=O)C(c1ccc(Cl)cc1)N1CCN(C(=O)C2CCN(C(=O)C3CC3)CC2)CC1. The number of piperidine rings is 1. The molecule has 0 aromatic heterocycles. The first kappa shape index (κ1) is 22.1. The van der Waals surface area contributed by atoms with Gasteiger partial charge in [0.25, 0.3) is 0 Å². The Morgan fingerprint density at radius 1 is 0.839 bits per heavy atom. The van der Waals surface area contributed by atoms with E-state index >= 15 is 0 Å². The average Bonchev–Trinajstić information content (AvgIpc) is 3.65. The largest absolute Gasteiger partial charge is 0.468 e. The highest BCUT2D eigenvalue weighted by atomic mass is 35.5. The van der Waals surface area contributed by atoms with Gasteiger partial charge in [-0.05, 0) is 43.4 Å². The fourth-order valence-corrected chi connectivity index (χ4v) is 4.77. The zero-order valence-electron chi connectivity index (χ0n) is 18.0. The molecule has 1 saturated carbocycles. The predicted molar refractivity (Wildman–Crippen MR) is 116 cm³/mol. The van der Waals surface area contributed by atoms with Gasteiger partial charge in [-0.2, -0.15) is 0 Å². The molecule has 1 aromatic rings. The number of hydrogen-bond donors (Lipinski definition) is 0. The van der Waals surface area contributed by atoms with Crippen molar-refractivity contribution in [1.29, 1.82) is 0 Å². The topological polar surface area (TPSA) is 70.2 Å². The van der Waals surface area contributed by atoms with E-state index in [0.29, 0.717) is 44.3 Å². The predicted octanol–water partition coefficient (Wildman–Crippen LogP) is 2.35. The Balaban J connectivity index is 1.32. The Morgan fingerprint density at radius 3 is 1.87 bits per heavy atom. The maximum absolute atomic E-state index is 13.0. The van der Waals surface area contributed by atoms with Crippen LogP contribution in [0.4, 0.5) is 0 Å². The van der Waals surface area contributed by atoms with E-state index in [4.69, 9.17) is 16.3 Å². The summed E-state index contributed by atoms with van der Waals surface area (Å²) in [5.41, 5.74) is 0.837. The number of likely N-dealkylation sites (tertiary alicyclic amines) is 1. The summed E-state index contributed by atoms with van der Waals surface area (Å²) in [6.07, 6.45) is 3.52. The Morgan fingerprint density at radius 2 is 1.35 bits per heavy atom. The van der Waals surface area contributed by atoms with Crippen molar-refractivity contribution in [2.75, 3.05) is 46.4 Å². The number of benzene rings is 1. The van der Waals surface area contributed by atoms with Gasteiger partial charge in [-0.3, -0.25) is 14.5 Å². The molecule has 2 amide bonds. The van der Waals surface area contributed by atoms with Crippen LogP contribution in [-0.2, 0) is 19.1 Å². The summed E-state index contributed by atoms with van der Waals surface area (Å²) in [6.45, 7) is 3.75. The summed E-state index contributed by atoms with van der Waals surface area (Å²) in [6, 6.07) is 6.73. The molecule has 3 aliphatic rings. The molecule has 1 unspecified atom stereocenters. The van der Waals surface area contributed by atoms with E-state index in [1.165, 1.54) is 7.11 Å². The quantitative estimate of drug-likeness (QED) is 0.648. The summed E-state index contributed by atoms with van der Waals surface area (Å²) in [7, 11) is 1.39. The molecule has 0 bridgehead atoms. The number of hydrogen-bond acceptors (Lipinski definition) is 5. The van der Waals surface area contributed by atoms with Crippen LogP contribution in [0.2, 0.25) is 5.02 Å². The van der Waals surface area contributed by atoms with Gasteiger partial charge in [0.1, 0.15) is 6.04 Å². The van der Waals surface area contributed by atoms with Gasteiger partial charge in [0.2, 0.25) is 11.8 Å². The number of methoxy groups -OCH3 is 1. The highest BCUT2D eigenvalue weighted by Crippen LogP contribution is 2.33. The van der Waals surface area contributed by atoms with Crippen molar-refractivity contribution in [2.24, 2.45) is 11.8 Å². The van der Waals surface area contributed by atoms with Gasteiger partial charge >= 0.3 is 5.97 Å². The molecule has 0 spiro atoms. The fourth-order valence-electron chi connectivity index (χ4n) is 4.65. The van der Waals surface area contributed by atoms with Crippen LogP contribution in [0.5, 0.6) is 0 Å². The number of amides is 2. The van der Waals surface area contributed by atoms with Crippen LogP contribution in [0.15, 0.2) is 24.3 Å². The lowest BCUT2D eigenvalue weighted by Crippen LogP contribution is -2.53. The van der Waals surface area contributed by atoms with E-state index in [1.807, 2.05) is 21.9 Å². The molecule has 2 aliphatic heterocycles. The molecule has 0 N–H and O–H groups in total. The molecule has 2 saturated heterocycles. The van der Waals surface area contributed by atoms with Gasteiger partial charge < -0.3 is 14.5 Å². The number of carbonyl (C=O) groups is 3. The maximum Gasteiger partial charge on any atom is 0.327 e. The van der Waals surface area contributed by atoms with Gasteiger partial charge in [-0.25, -0.2) is 4.79 Å². The van der Waals surface area contributed by atoms with E-state index in [-0.39, 0.29) is 29.6 Å². The van der Waals surface area contributed by atoms with Gasteiger partial charge in [0, 0.05) is 56.1 Å². The maximum atomic E-state index is 13.0. The smallest absolute Gasteiger partial charge is 0.327 e. The van der Waals surface area contributed by atoms with Crippen LogP contribution < -0.4 is 0 Å². The molecule has 31 heavy (non-hydrogen) atoms. The number of halogens is 1. The van der Waals surface area contributed by atoms with Crippen LogP contribution in [-0.4, -0.2) is 78.9 Å². The first-order chi connectivity index (χ1) is 15.0. The van der Waals surface area contributed by atoms with Gasteiger partial charge in [0.15, 0.2) is 0 Å². The number of rotatable bonds is 5. The van der Waals surface area contributed by atoms with Crippen LogP contribution in [0.3, 0.4) is 0 Å². The molecule has 0 radical (unpaired) electrons. The van der Waals surface area contributed by atoms with Crippen LogP contribution >= 0.6 is 11.6 Å². The van der Waals surface area contributed by atoms with Crippen molar-refractivity contribution >= 4 is 29.4 Å². The lowest BCUT2D eigenvalue weighted by atomic mass is 9.94. The molecule has 8 heteroatoms. The molecular weight excluding hydrogens is 418 g/mol. The molecule has 1 aromatic carbocycles. The number of piperazine rings is 1.